The first-order valence-electron chi connectivity index (χ1n) is 22.3. The molecule has 0 aliphatic rings. The second kappa shape index (κ2) is 42.1. The number of aliphatic carboxylic acids is 1. The van der Waals surface area contributed by atoms with E-state index < -0.39 is 5.97 Å². The highest BCUT2D eigenvalue weighted by atomic mass is 16.5. The molecule has 6 nitrogen and oxygen atoms in total. The fourth-order valence-corrected chi connectivity index (χ4v) is 6.48. The number of allylic oxidation sites excluding steroid dienone is 7. The van der Waals surface area contributed by atoms with Crippen LogP contribution < -0.4 is 5.32 Å². The van der Waals surface area contributed by atoms with E-state index in [9.17, 15) is 14.4 Å². The van der Waals surface area contributed by atoms with E-state index in [0.29, 0.717) is 12.8 Å². The van der Waals surface area contributed by atoms with Crippen LogP contribution in [0.15, 0.2) is 48.6 Å². The average molecular weight is 742 g/mol. The van der Waals surface area contributed by atoms with E-state index in [0.717, 1.165) is 77.0 Å². The Morgan fingerprint density at radius 1 is 0.509 bits per heavy atom. The molecule has 0 saturated carbocycles. The van der Waals surface area contributed by atoms with Crippen LogP contribution in [0.25, 0.3) is 0 Å². The van der Waals surface area contributed by atoms with Gasteiger partial charge < -0.3 is 15.2 Å². The Bertz CT molecular complexity index is 953. The summed E-state index contributed by atoms with van der Waals surface area (Å²) in [7, 11) is 0. The molecule has 0 aromatic heterocycles. The molecule has 0 fully saturated rings. The van der Waals surface area contributed by atoms with Crippen molar-refractivity contribution in [1.82, 2.24) is 5.32 Å². The van der Waals surface area contributed by atoms with Crippen molar-refractivity contribution < 1.29 is 24.2 Å². The molecule has 2 N–H and O–H groups in total. The summed E-state index contributed by atoms with van der Waals surface area (Å²) < 4.78 is 5.92. The van der Waals surface area contributed by atoms with Crippen LogP contribution in [0.5, 0.6) is 0 Å². The summed E-state index contributed by atoms with van der Waals surface area (Å²) in [5.41, 5.74) is 0. The number of amides is 1. The number of hydrogen-bond donors (Lipinski definition) is 2. The van der Waals surface area contributed by atoms with E-state index in [1.807, 2.05) is 0 Å². The molecule has 0 aliphatic heterocycles. The summed E-state index contributed by atoms with van der Waals surface area (Å²) in [6.45, 7) is 4.11. The van der Waals surface area contributed by atoms with Gasteiger partial charge in [-0.05, 0) is 57.4 Å². The van der Waals surface area contributed by atoms with Crippen molar-refractivity contribution in [3.05, 3.63) is 48.6 Å². The van der Waals surface area contributed by atoms with Gasteiger partial charge >= 0.3 is 11.9 Å². The first-order chi connectivity index (χ1) is 26.0. The highest BCUT2D eigenvalue weighted by molar-refractivity contribution is 5.80. The lowest BCUT2D eigenvalue weighted by atomic mass is 10.0. The summed E-state index contributed by atoms with van der Waals surface area (Å²) >= 11 is 0. The number of carbonyl (C=O) groups excluding carboxylic acids is 2. The second-order valence-corrected chi connectivity index (χ2v) is 14.9. The Morgan fingerprint density at radius 2 is 0.906 bits per heavy atom. The van der Waals surface area contributed by atoms with Crippen molar-refractivity contribution in [3.8, 4) is 0 Å². The average Bonchev–Trinajstić information content (AvgIpc) is 3.14. The maximum Gasteiger partial charge on any atom is 0.322 e. The zero-order chi connectivity index (χ0) is 38.7. The third kappa shape index (κ3) is 42.0. The molecule has 306 valence electrons. The minimum Gasteiger partial charge on any atom is -0.480 e. The summed E-state index contributed by atoms with van der Waals surface area (Å²) in [6.07, 6.45) is 54.1. The fourth-order valence-electron chi connectivity index (χ4n) is 6.48. The summed E-state index contributed by atoms with van der Waals surface area (Å²) in [6, 6.07) is 0. The zero-order valence-corrected chi connectivity index (χ0v) is 34.6. The first-order valence-corrected chi connectivity index (χ1v) is 22.3. The molecule has 1 unspecified atom stereocenters. The number of carboxylic acid groups (broad SMARTS) is 1. The van der Waals surface area contributed by atoms with Crippen LogP contribution in [0.1, 0.15) is 219 Å². The molecule has 0 bridgehead atoms. The van der Waals surface area contributed by atoms with Crippen LogP contribution in [-0.4, -0.2) is 35.6 Å². The van der Waals surface area contributed by atoms with Gasteiger partial charge in [0.1, 0.15) is 12.6 Å². The van der Waals surface area contributed by atoms with E-state index in [1.54, 1.807) is 0 Å². The number of nitrogens with one attached hydrogen (secondary N) is 1. The predicted octanol–water partition coefficient (Wildman–Crippen LogP) is 13.8. The lowest BCUT2D eigenvalue weighted by Gasteiger charge is -2.14. The van der Waals surface area contributed by atoms with Gasteiger partial charge in [-0.3, -0.25) is 14.4 Å². The van der Waals surface area contributed by atoms with Gasteiger partial charge in [0.2, 0.25) is 5.91 Å². The third-order valence-electron chi connectivity index (χ3n) is 9.75. The van der Waals surface area contributed by atoms with Crippen LogP contribution in [0, 0.1) is 0 Å². The Hall–Kier alpha value is -2.63. The lowest BCUT2D eigenvalue weighted by molar-refractivity contribution is -0.147. The SMILES string of the molecule is CC/C=C\C/C=C\C/C=C\C/C=C\C(CCCCCCCC(=O)NCC(=O)O)OC(=O)CCCCCCCCCCCCCCCCCCCCCC. The molecule has 0 radical (unpaired) electrons. The van der Waals surface area contributed by atoms with Crippen LogP contribution in [-0.2, 0) is 19.1 Å². The van der Waals surface area contributed by atoms with Gasteiger partial charge in [-0.2, -0.15) is 0 Å². The normalized spacial score (nSPS) is 12.5. The van der Waals surface area contributed by atoms with E-state index in [4.69, 9.17) is 9.84 Å². The minimum absolute atomic E-state index is 0.0905. The fraction of sp³-hybridized carbons (Fsp3) is 0.766. The number of rotatable bonds is 40. The molecule has 0 aromatic rings. The first kappa shape index (κ1) is 50.4. The highest BCUT2D eigenvalue weighted by Crippen LogP contribution is 2.17. The molecule has 0 saturated heterocycles. The van der Waals surface area contributed by atoms with Crippen molar-refractivity contribution in [2.75, 3.05) is 6.54 Å². The summed E-state index contributed by atoms with van der Waals surface area (Å²) in [5.74, 6) is -1.33. The second-order valence-electron chi connectivity index (χ2n) is 14.9. The molecule has 1 amide bonds. The van der Waals surface area contributed by atoms with Gasteiger partial charge in [-0.25, -0.2) is 0 Å². The molecule has 0 rings (SSSR count). The van der Waals surface area contributed by atoms with Gasteiger partial charge in [0.05, 0.1) is 0 Å². The minimum atomic E-state index is -1.03. The van der Waals surface area contributed by atoms with E-state index >= 15 is 0 Å². The van der Waals surface area contributed by atoms with Gasteiger partial charge in [0.25, 0.3) is 0 Å². The predicted molar refractivity (Wildman–Crippen MR) is 226 cm³/mol. The molecule has 0 aromatic carbocycles. The monoisotopic (exact) mass is 742 g/mol. The van der Waals surface area contributed by atoms with Gasteiger partial charge in [-0.1, -0.05) is 198 Å². The summed E-state index contributed by atoms with van der Waals surface area (Å²) in [5, 5.41) is 11.1. The molecule has 6 heteroatoms. The highest BCUT2D eigenvalue weighted by Gasteiger charge is 2.11. The smallest absolute Gasteiger partial charge is 0.322 e. The van der Waals surface area contributed by atoms with Crippen LogP contribution >= 0.6 is 0 Å². The molecule has 0 heterocycles. The molecule has 1 atom stereocenters. The largest absolute Gasteiger partial charge is 0.480 e. The van der Waals surface area contributed by atoms with Crippen LogP contribution in [0.3, 0.4) is 0 Å². The van der Waals surface area contributed by atoms with Crippen LogP contribution in [0.2, 0.25) is 0 Å². The number of ether oxygens (including phenoxy) is 1. The molecule has 53 heavy (non-hydrogen) atoms. The standard InChI is InChI=1S/C47H83NO5/c1-3-5-7-9-11-13-15-16-17-18-19-20-21-22-23-25-27-29-34-38-42-47(52)53-44(39-35-31-28-26-24-14-12-10-8-6-4-2)40-36-32-30-33-37-41-45(49)48-43-46(50)51/h6,8,12,14,26,28,35,39,44H,3-5,7,9-11,13,15-25,27,29-34,36-38,40-43H2,1-2H3,(H,48,49)(H,50,51)/b8-6-,14-12-,28-26-,39-35-. The van der Waals surface area contributed by atoms with E-state index in [1.165, 1.54) is 116 Å². The summed E-state index contributed by atoms with van der Waals surface area (Å²) in [4.78, 5) is 35.0. The van der Waals surface area contributed by atoms with Crippen molar-refractivity contribution >= 4 is 17.8 Å². The van der Waals surface area contributed by atoms with Gasteiger partial charge in [0, 0.05) is 12.8 Å². The Kier molecular flexibility index (Phi) is 40.0. The van der Waals surface area contributed by atoms with Crippen molar-refractivity contribution in [3.63, 3.8) is 0 Å². The number of esters is 1. The van der Waals surface area contributed by atoms with Crippen molar-refractivity contribution in [2.24, 2.45) is 0 Å². The molecular weight excluding hydrogens is 659 g/mol. The quantitative estimate of drug-likeness (QED) is 0.0370. The molecule has 0 spiro atoms. The zero-order valence-electron chi connectivity index (χ0n) is 34.6. The van der Waals surface area contributed by atoms with E-state index in [-0.39, 0.29) is 24.5 Å². The molecule has 0 aliphatic carbocycles. The topological polar surface area (TPSA) is 92.7 Å². The third-order valence-corrected chi connectivity index (χ3v) is 9.75. The maximum atomic E-state index is 12.7. The van der Waals surface area contributed by atoms with Crippen molar-refractivity contribution in [1.29, 1.82) is 0 Å². The Labute approximate surface area is 327 Å². The number of unbranched alkanes of at least 4 members (excludes halogenated alkanes) is 23. The number of carbonyl (C=O) groups is 3. The lowest BCUT2D eigenvalue weighted by Crippen LogP contribution is -2.28. The Balaban J connectivity index is 4.13. The van der Waals surface area contributed by atoms with E-state index in [2.05, 4.69) is 67.8 Å². The van der Waals surface area contributed by atoms with Crippen molar-refractivity contribution in [2.45, 2.75) is 225 Å². The van der Waals surface area contributed by atoms with Gasteiger partial charge in [0.15, 0.2) is 0 Å². The van der Waals surface area contributed by atoms with Gasteiger partial charge in [-0.15, -0.1) is 0 Å². The number of carboxylic acids is 1. The molecular formula is C47H83NO5. The number of hydrogen-bond acceptors (Lipinski definition) is 4. The Morgan fingerprint density at radius 3 is 1.36 bits per heavy atom. The maximum absolute atomic E-state index is 12.7. The van der Waals surface area contributed by atoms with Crippen LogP contribution in [0.4, 0.5) is 0 Å².